The minimum Gasteiger partial charge on any atom is -0.366 e. The topological polar surface area (TPSA) is 40.6 Å². The Bertz CT molecular complexity index is 921. The van der Waals surface area contributed by atoms with Crippen LogP contribution in [0.2, 0.25) is 5.02 Å². The monoisotopic (exact) mass is 370 g/mol. The molecule has 0 bridgehead atoms. The molecule has 26 heavy (non-hydrogen) atoms. The fourth-order valence-corrected chi connectivity index (χ4v) is 3.65. The average Bonchev–Trinajstić information content (AvgIpc) is 3.25. The largest absolute Gasteiger partial charge is 0.366 e. The summed E-state index contributed by atoms with van der Waals surface area (Å²) in [5, 5.41) is -0.126. The van der Waals surface area contributed by atoms with Crippen molar-refractivity contribution in [2.75, 3.05) is 18.0 Å². The van der Waals surface area contributed by atoms with Gasteiger partial charge in [-0.25, -0.2) is 9.29 Å². The van der Waals surface area contributed by atoms with Crippen LogP contribution in [0.3, 0.4) is 0 Å². The minimum absolute atomic E-state index is 0.126. The maximum absolute atomic E-state index is 13.5. The van der Waals surface area contributed by atoms with Gasteiger partial charge < -0.3 is 4.90 Å². The Labute approximate surface area is 155 Å². The lowest BCUT2D eigenvalue weighted by atomic mass is 10.0. The molecule has 0 spiro atoms. The molecule has 0 saturated carbocycles. The average molecular weight is 371 g/mol. The van der Waals surface area contributed by atoms with Gasteiger partial charge in [-0.2, -0.15) is 0 Å². The quantitative estimate of drug-likeness (QED) is 0.770. The molecule has 2 aliphatic rings. The maximum Gasteiger partial charge on any atom is 0.282 e. The SMILES string of the molecule is O=C1C(c2ccccc2)=C(N2CCCC2)C(=O)N1c1ccc(F)c(Cl)c1. The van der Waals surface area contributed by atoms with Crippen molar-refractivity contribution < 1.29 is 14.0 Å². The fraction of sp³-hybridized carbons (Fsp3) is 0.200. The second-order valence-electron chi connectivity index (χ2n) is 6.33. The molecule has 0 N–H and O–H groups in total. The zero-order chi connectivity index (χ0) is 18.3. The predicted octanol–water partition coefficient (Wildman–Crippen LogP) is 3.86. The third-order valence-corrected chi connectivity index (χ3v) is 5.00. The number of benzene rings is 2. The van der Waals surface area contributed by atoms with Crippen molar-refractivity contribution in [1.29, 1.82) is 0 Å². The number of halogens is 2. The molecule has 1 saturated heterocycles. The summed E-state index contributed by atoms with van der Waals surface area (Å²) in [6.07, 6.45) is 1.96. The minimum atomic E-state index is -0.592. The van der Waals surface area contributed by atoms with Crippen LogP contribution in [0.5, 0.6) is 0 Å². The number of hydrogen-bond donors (Lipinski definition) is 0. The third kappa shape index (κ3) is 2.69. The lowest BCUT2D eigenvalue weighted by Crippen LogP contribution is -2.34. The molecule has 2 heterocycles. The zero-order valence-electron chi connectivity index (χ0n) is 13.9. The van der Waals surface area contributed by atoms with E-state index in [9.17, 15) is 14.0 Å². The first-order valence-electron chi connectivity index (χ1n) is 8.46. The van der Waals surface area contributed by atoms with E-state index in [1.54, 1.807) is 0 Å². The van der Waals surface area contributed by atoms with Crippen molar-refractivity contribution in [2.45, 2.75) is 12.8 Å². The van der Waals surface area contributed by atoms with Gasteiger partial charge in [0.2, 0.25) is 0 Å². The molecule has 2 aliphatic heterocycles. The van der Waals surface area contributed by atoms with E-state index < -0.39 is 17.6 Å². The van der Waals surface area contributed by atoms with Gasteiger partial charge in [-0.05, 0) is 36.6 Å². The Morgan fingerprint density at radius 1 is 0.923 bits per heavy atom. The van der Waals surface area contributed by atoms with Crippen LogP contribution in [0.4, 0.5) is 10.1 Å². The molecule has 1 fully saturated rings. The van der Waals surface area contributed by atoms with Gasteiger partial charge in [0.25, 0.3) is 11.8 Å². The molecule has 0 aliphatic carbocycles. The van der Waals surface area contributed by atoms with Gasteiger partial charge in [-0.15, -0.1) is 0 Å². The molecule has 2 amide bonds. The van der Waals surface area contributed by atoms with Crippen LogP contribution in [0.15, 0.2) is 54.2 Å². The van der Waals surface area contributed by atoms with Crippen molar-refractivity contribution >= 4 is 34.7 Å². The number of carbonyl (C=O) groups excluding carboxylic acids is 2. The highest BCUT2D eigenvalue weighted by Crippen LogP contribution is 2.36. The molecule has 0 unspecified atom stereocenters. The van der Waals surface area contributed by atoms with Crippen molar-refractivity contribution in [3.8, 4) is 0 Å². The van der Waals surface area contributed by atoms with E-state index in [0.29, 0.717) is 16.8 Å². The summed E-state index contributed by atoms with van der Waals surface area (Å²) >= 11 is 5.86. The van der Waals surface area contributed by atoms with Gasteiger partial charge in [0.15, 0.2) is 0 Å². The highest BCUT2D eigenvalue weighted by molar-refractivity contribution is 6.45. The first-order chi connectivity index (χ1) is 12.6. The number of amides is 2. The normalized spacial score (nSPS) is 17.6. The second-order valence-corrected chi connectivity index (χ2v) is 6.74. The van der Waals surface area contributed by atoms with Gasteiger partial charge in [-0.1, -0.05) is 41.9 Å². The van der Waals surface area contributed by atoms with E-state index in [4.69, 9.17) is 11.6 Å². The summed E-state index contributed by atoms with van der Waals surface area (Å²) < 4.78 is 13.5. The smallest absolute Gasteiger partial charge is 0.282 e. The molecule has 132 valence electrons. The summed E-state index contributed by atoms with van der Waals surface area (Å²) in [6, 6.07) is 13.0. The molecule has 2 aromatic rings. The van der Waals surface area contributed by atoms with Crippen LogP contribution in [0.1, 0.15) is 18.4 Å². The number of nitrogens with zero attached hydrogens (tertiary/aromatic N) is 2. The number of imide groups is 1. The van der Waals surface area contributed by atoms with E-state index in [2.05, 4.69) is 0 Å². The second kappa shape index (κ2) is 6.57. The number of carbonyl (C=O) groups is 2. The summed E-state index contributed by atoms with van der Waals surface area (Å²) in [5.41, 5.74) is 1.77. The van der Waals surface area contributed by atoms with Crippen LogP contribution >= 0.6 is 11.6 Å². The maximum atomic E-state index is 13.5. The van der Waals surface area contributed by atoms with Crippen LogP contribution in [-0.4, -0.2) is 29.8 Å². The van der Waals surface area contributed by atoms with E-state index >= 15 is 0 Å². The van der Waals surface area contributed by atoms with E-state index in [1.807, 2.05) is 35.2 Å². The molecule has 4 rings (SSSR count). The lowest BCUT2D eigenvalue weighted by molar-refractivity contribution is -0.120. The van der Waals surface area contributed by atoms with Crippen LogP contribution < -0.4 is 4.90 Å². The van der Waals surface area contributed by atoms with Gasteiger partial charge in [0.1, 0.15) is 11.5 Å². The molecular formula is C20H16ClFN2O2. The summed E-state index contributed by atoms with van der Waals surface area (Å²) in [6.45, 7) is 1.48. The molecule has 4 nitrogen and oxygen atoms in total. The van der Waals surface area contributed by atoms with E-state index in [1.165, 1.54) is 12.1 Å². The van der Waals surface area contributed by atoms with Crippen molar-refractivity contribution in [2.24, 2.45) is 0 Å². The van der Waals surface area contributed by atoms with Crippen LogP contribution in [0.25, 0.3) is 5.57 Å². The Hall–Kier alpha value is -2.66. The predicted molar refractivity (Wildman–Crippen MR) is 98.1 cm³/mol. The van der Waals surface area contributed by atoms with Gasteiger partial charge in [0, 0.05) is 13.1 Å². The summed E-state index contributed by atoms with van der Waals surface area (Å²) in [5.74, 6) is -1.39. The van der Waals surface area contributed by atoms with Crippen molar-refractivity contribution in [3.05, 3.63) is 70.6 Å². The highest BCUT2D eigenvalue weighted by Gasteiger charge is 2.43. The molecule has 0 radical (unpaired) electrons. The van der Waals surface area contributed by atoms with Crippen LogP contribution in [0, 0.1) is 5.82 Å². The van der Waals surface area contributed by atoms with E-state index in [0.717, 1.165) is 36.9 Å². The molecule has 2 aromatic carbocycles. The highest BCUT2D eigenvalue weighted by atomic mass is 35.5. The first-order valence-corrected chi connectivity index (χ1v) is 8.84. The third-order valence-electron chi connectivity index (χ3n) is 4.71. The molecule has 0 aromatic heterocycles. The fourth-order valence-electron chi connectivity index (χ4n) is 3.48. The lowest BCUT2D eigenvalue weighted by Gasteiger charge is -2.20. The number of rotatable bonds is 3. The zero-order valence-corrected chi connectivity index (χ0v) is 14.7. The number of likely N-dealkylation sites (tertiary alicyclic amines) is 1. The molecule has 0 atom stereocenters. The summed E-state index contributed by atoms with van der Waals surface area (Å²) in [7, 11) is 0. The van der Waals surface area contributed by atoms with Crippen LogP contribution in [-0.2, 0) is 9.59 Å². The molecular weight excluding hydrogens is 355 g/mol. The Morgan fingerprint density at radius 2 is 1.62 bits per heavy atom. The standard InChI is InChI=1S/C20H16ClFN2O2/c21-15-12-14(8-9-16(15)22)24-19(25)17(13-6-2-1-3-7-13)18(20(24)26)23-10-4-5-11-23/h1-3,6-9,12H,4-5,10-11H2. The molecule has 6 heteroatoms. The van der Waals surface area contributed by atoms with Crippen molar-refractivity contribution in [3.63, 3.8) is 0 Å². The van der Waals surface area contributed by atoms with Gasteiger partial charge in [0.05, 0.1) is 16.3 Å². The van der Waals surface area contributed by atoms with Gasteiger partial charge in [-0.3, -0.25) is 9.59 Å². The van der Waals surface area contributed by atoms with Crippen molar-refractivity contribution in [1.82, 2.24) is 4.90 Å². The first kappa shape index (κ1) is 16.8. The van der Waals surface area contributed by atoms with E-state index in [-0.39, 0.29) is 10.7 Å². The summed E-state index contributed by atoms with van der Waals surface area (Å²) in [4.78, 5) is 29.4. The number of hydrogen-bond acceptors (Lipinski definition) is 3. The van der Waals surface area contributed by atoms with Gasteiger partial charge >= 0.3 is 0 Å². The number of anilines is 1. The Kier molecular flexibility index (Phi) is 4.24. The Morgan fingerprint density at radius 3 is 2.27 bits per heavy atom. The Balaban J connectivity index is 1.83.